The molecule has 0 aromatic heterocycles. The van der Waals surface area contributed by atoms with Gasteiger partial charge < -0.3 is 43.4 Å². The van der Waals surface area contributed by atoms with Crippen LogP contribution in [0, 0.1) is 0 Å². The molecule has 0 saturated heterocycles. The Balaban J connectivity index is 1.49. The van der Waals surface area contributed by atoms with Crippen LogP contribution >= 0.6 is 0 Å². The minimum Gasteiger partial charge on any atom is -0.496 e. The van der Waals surface area contributed by atoms with E-state index in [0.717, 1.165) is 0 Å². The van der Waals surface area contributed by atoms with Crippen molar-refractivity contribution < 1.29 is 48.2 Å². The topological polar surface area (TPSA) is 122 Å². The number of fused-ring (bicyclic) bond motifs is 2. The summed E-state index contributed by atoms with van der Waals surface area (Å²) in [5, 5.41) is 20.9. The highest BCUT2D eigenvalue weighted by atomic mass is 16.6. The molecule has 3 aromatic carbocycles. The third kappa shape index (κ3) is 4.31. The molecule has 0 radical (unpaired) electrons. The lowest BCUT2D eigenvalue weighted by Gasteiger charge is -2.34. The van der Waals surface area contributed by atoms with Gasteiger partial charge in [0.1, 0.15) is 23.4 Å². The quantitative estimate of drug-likeness (QED) is 0.476. The van der Waals surface area contributed by atoms with Crippen molar-refractivity contribution in [3.8, 4) is 40.2 Å². The van der Waals surface area contributed by atoms with Gasteiger partial charge in [-0.25, -0.2) is 0 Å². The average Bonchev–Trinajstić information content (AvgIpc) is 2.96. The highest BCUT2D eigenvalue weighted by Crippen LogP contribution is 2.48. The van der Waals surface area contributed by atoms with Crippen molar-refractivity contribution in [2.45, 2.75) is 24.4 Å². The molecule has 2 N–H and O–H groups in total. The zero-order valence-corrected chi connectivity index (χ0v) is 21.3. The van der Waals surface area contributed by atoms with Gasteiger partial charge in [0.15, 0.2) is 41.3 Å². The molecule has 10 nitrogen and oxygen atoms in total. The Labute approximate surface area is 219 Å². The number of carbonyl (C=O) groups is 1. The Morgan fingerprint density at radius 1 is 0.737 bits per heavy atom. The van der Waals surface area contributed by atoms with E-state index < -0.39 is 30.2 Å². The van der Waals surface area contributed by atoms with E-state index in [4.69, 9.17) is 33.2 Å². The smallest absolute Gasteiger partial charge is 0.211 e. The summed E-state index contributed by atoms with van der Waals surface area (Å²) in [7, 11) is 6.01. The lowest BCUT2D eigenvalue weighted by atomic mass is 9.92. The van der Waals surface area contributed by atoms with Crippen molar-refractivity contribution in [1.82, 2.24) is 0 Å². The molecule has 4 atom stereocenters. The molecule has 0 bridgehead atoms. The van der Waals surface area contributed by atoms with Gasteiger partial charge in [0.05, 0.1) is 40.6 Å². The van der Waals surface area contributed by atoms with Gasteiger partial charge in [-0.15, -0.1) is 0 Å². The van der Waals surface area contributed by atoms with Gasteiger partial charge in [0, 0.05) is 23.3 Å². The highest BCUT2D eigenvalue weighted by molar-refractivity contribution is 5.92. The predicted octanol–water partition coefficient (Wildman–Crippen LogP) is 3.33. The van der Waals surface area contributed by atoms with Crippen LogP contribution in [0.5, 0.6) is 40.2 Å². The maximum atomic E-state index is 13.2. The Bertz CT molecular complexity index is 1350. The molecule has 0 saturated carbocycles. The minimum atomic E-state index is -1.46. The Hall–Kier alpha value is -4.15. The van der Waals surface area contributed by atoms with E-state index in [1.54, 1.807) is 55.6 Å². The van der Waals surface area contributed by atoms with Crippen LogP contribution in [0.4, 0.5) is 0 Å². The molecular weight excluding hydrogens is 496 g/mol. The van der Waals surface area contributed by atoms with E-state index in [9.17, 15) is 15.0 Å². The summed E-state index contributed by atoms with van der Waals surface area (Å²) in [6.07, 6.45) is -3.94. The summed E-state index contributed by atoms with van der Waals surface area (Å²) >= 11 is 0. The third-order valence-electron chi connectivity index (χ3n) is 6.64. The standard InChI is InChI=1S/C28H28O10/c1-32-16-11-21(35-4)24-22(12-16)38-28(26(31)25(24)30)15-6-8-18-20(10-15)37-27(23(13-29)36-18)14-5-7-17(33-2)19(9-14)34-3/h5-12,23,25,27-30H,13H2,1-4H3/t23-,25?,27-,28-/m1/s1. The lowest BCUT2D eigenvalue weighted by Crippen LogP contribution is -2.36. The van der Waals surface area contributed by atoms with Gasteiger partial charge in [-0.3, -0.25) is 4.79 Å². The Morgan fingerprint density at radius 3 is 2.16 bits per heavy atom. The molecule has 0 spiro atoms. The van der Waals surface area contributed by atoms with Gasteiger partial charge in [0.2, 0.25) is 5.78 Å². The van der Waals surface area contributed by atoms with E-state index >= 15 is 0 Å². The normalized spacial score (nSPS) is 21.7. The molecule has 0 aliphatic carbocycles. The number of methoxy groups -OCH3 is 4. The lowest BCUT2D eigenvalue weighted by molar-refractivity contribution is -0.137. The summed E-state index contributed by atoms with van der Waals surface area (Å²) in [5.41, 5.74) is 1.40. The fourth-order valence-corrected chi connectivity index (χ4v) is 4.69. The number of ketones is 1. The molecule has 10 heteroatoms. The van der Waals surface area contributed by atoms with Gasteiger partial charge in [0.25, 0.3) is 0 Å². The maximum absolute atomic E-state index is 13.2. The largest absolute Gasteiger partial charge is 0.496 e. The minimum absolute atomic E-state index is 0.242. The Kier molecular flexibility index (Phi) is 6.92. The molecule has 2 heterocycles. The van der Waals surface area contributed by atoms with Crippen molar-refractivity contribution in [1.29, 1.82) is 0 Å². The second-order valence-corrected chi connectivity index (χ2v) is 8.74. The summed E-state index contributed by atoms with van der Waals surface area (Å²) in [4.78, 5) is 13.2. The maximum Gasteiger partial charge on any atom is 0.211 e. The van der Waals surface area contributed by atoms with E-state index in [1.165, 1.54) is 21.3 Å². The van der Waals surface area contributed by atoms with E-state index in [2.05, 4.69) is 0 Å². The van der Waals surface area contributed by atoms with Crippen LogP contribution < -0.4 is 33.2 Å². The summed E-state index contributed by atoms with van der Waals surface area (Å²) < 4.78 is 39.7. The van der Waals surface area contributed by atoms with Crippen LogP contribution in [0.1, 0.15) is 35.0 Å². The summed E-state index contributed by atoms with van der Waals surface area (Å²) in [6, 6.07) is 13.4. The number of aliphatic hydroxyl groups excluding tert-OH is 2. The van der Waals surface area contributed by atoms with E-state index in [1.807, 2.05) is 0 Å². The molecular formula is C28H28O10. The van der Waals surface area contributed by atoms with Crippen molar-refractivity contribution >= 4 is 5.78 Å². The molecule has 2 aliphatic rings. The number of benzene rings is 3. The van der Waals surface area contributed by atoms with Crippen molar-refractivity contribution in [3.05, 3.63) is 65.2 Å². The number of hydrogen-bond acceptors (Lipinski definition) is 10. The average molecular weight is 525 g/mol. The summed E-state index contributed by atoms with van der Waals surface area (Å²) in [6.45, 7) is -0.295. The molecule has 0 amide bonds. The van der Waals surface area contributed by atoms with Crippen molar-refractivity contribution in [3.63, 3.8) is 0 Å². The molecule has 3 aromatic rings. The van der Waals surface area contributed by atoms with E-state index in [0.29, 0.717) is 39.9 Å². The van der Waals surface area contributed by atoms with Gasteiger partial charge in [-0.1, -0.05) is 12.1 Å². The first kappa shape index (κ1) is 25.5. The second-order valence-electron chi connectivity index (χ2n) is 8.74. The van der Waals surface area contributed by atoms with Gasteiger partial charge >= 0.3 is 0 Å². The molecule has 38 heavy (non-hydrogen) atoms. The second kappa shape index (κ2) is 10.3. The van der Waals surface area contributed by atoms with Crippen LogP contribution in [0.3, 0.4) is 0 Å². The van der Waals surface area contributed by atoms with Crippen LogP contribution in [-0.2, 0) is 4.79 Å². The number of rotatable bonds is 7. The van der Waals surface area contributed by atoms with Gasteiger partial charge in [-0.2, -0.15) is 0 Å². The molecule has 1 unspecified atom stereocenters. The van der Waals surface area contributed by atoms with Crippen LogP contribution in [-0.4, -0.2) is 57.1 Å². The predicted molar refractivity (Wildman–Crippen MR) is 134 cm³/mol. The Morgan fingerprint density at radius 2 is 1.47 bits per heavy atom. The molecule has 200 valence electrons. The van der Waals surface area contributed by atoms with Crippen LogP contribution in [0.25, 0.3) is 0 Å². The van der Waals surface area contributed by atoms with Crippen LogP contribution in [0.15, 0.2) is 48.5 Å². The molecule has 5 rings (SSSR count). The molecule has 2 aliphatic heterocycles. The molecule has 0 fully saturated rings. The first-order valence-electron chi connectivity index (χ1n) is 11.9. The SMILES string of the molecule is COc1cc(OC)c2c(c1)O[C@H](c1ccc3c(c1)O[C@H](c1ccc(OC)c(OC)c1)[C@@H](CO)O3)C(=O)C2O. The van der Waals surface area contributed by atoms with Crippen molar-refractivity contribution in [2.24, 2.45) is 0 Å². The van der Waals surface area contributed by atoms with E-state index in [-0.39, 0.29) is 23.7 Å². The number of carbonyl (C=O) groups excluding carboxylic acids is 1. The fraction of sp³-hybridized carbons (Fsp3) is 0.321. The zero-order valence-electron chi connectivity index (χ0n) is 21.3. The fourth-order valence-electron chi connectivity index (χ4n) is 4.69. The monoisotopic (exact) mass is 524 g/mol. The van der Waals surface area contributed by atoms with Crippen molar-refractivity contribution in [2.75, 3.05) is 35.0 Å². The number of Topliss-reactive ketones (excluding diaryl/α,β-unsaturated/α-hetero) is 1. The number of aliphatic hydroxyl groups is 2. The third-order valence-corrected chi connectivity index (χ3v) is 6.64. The highest BCUT2D eigenvalue weighted by Gasteiger charge is 2.40. The first-order valence-corrected chi connectivity index (χ1v) is 11.9. The zero-order chi connectivity index (χ0) is 27.0. The summed E-state index contributed by atoms with van der Waals surface area (Å²) in [5.74, 6) is 2.27. The van der Waals surface area contributed by atoms with Gasteiger partial charge in [-0.05, 0) is 24.3 Å². The van der Waals surface area contributed by atoms with Crippen LogP contribution in [0.2, 0.25) is 0 Å². The number of ether oxygens (including phenoxy) is 7. The number of hydrogen-bond donors (Lipinski definition) is 2. The first-order chi connectivity index (χ1) is 18.4.